The Balaban J connectivity index is 1.63. The van der Waals surface area contributed by atoms with Gasteiger partial charge in [0.25, 0.3) is 0 Å². The number of rotatable bonds is 5. The van der Waals surface area contributed by atoms with Crippen LogP contribution in [0.5, 0.6) is 0 Å². The van der Waals surface area contributed by atoms with Gasteiger partial charge in [0.1, 0.15) is 0 Å². The second-order valence-corrected chi connectivity index (χ2v) is 7.72. The molecular weight excluding hydrogens is 248 g/mol. The first-order chi connectivity index (χ1) is 9.60. The van der Waals surface area contributed by atoms with Crippen LogP contribution < -0.4 is 10.6 Å². The van der Waals surface area contributed by atoms with Gasteiger partial charge in [-0.25, -0.2) is 0 Å². The summed E-state index contributed by atoms with van der Waals surface area (Å²) < 4.78 is 0. The first-order valence-corrected chi connectivity index (χ1v) is 8.57. The summed E-state index contributed by atoms with van der Waals surface area (Å²) in [6.07, 6.45) is 8.05. The first-order valence-electron chi connectivity index (χ1n) is 8.57. The smallest absolute Gasteiger partial charge is 0.236 e. The Morgan fingerprint density at radius 1 is 1.15 bits per heavy atom. The van der Waals surface area contributed by atoms with Crippen molar-refractivity contribution in [3.63, 3.8) is 0 Å². The SMILES string of the molecule is CNC(=O)C(CC(C)C)NC1CC2CC1C1CCCC21. The number of hydrogen-bond acceptors (Lipinski definition) is 2. The van der Waals surface area contributed by atoms with Crippen molar-refractivity contribution in [1.82, 2.24) is 10.6 Å². The fourth-order valence-electron chi connectivity index (χ4n) is 5.41. The number of hydrogen-bond donors (Lipinski definition) is 2. The lowest BCUT2D eigenvalue weighted by Crippen LogP contribution is -2.51. The van der Waals surface area contributed by atoms with Gasteiger partial charge in [-0.2, -0.15) is 0 Å². The summed E-state index contributed by atoms with van der Waals surface area (Å²) in [6, 6.07) is 0.601. The number of amides is 1. The van der Waals surface area contributed by atoms with E-state index in [0.717, 1.165) is 30.1 Å². The largest absolute Gasteiger partial charge is 0.358 e. The highest BCUT2D eigenvalue weighted by Crippen LogP contribution is 2.58. The Morgan fingerprint density at radius 2 is 1.90 bits per heavy atom. The molecule has 114 valence electrons. The summed E-state index contributed by atoms with van der Waals surface area (Å²) in [6.45, 7) is 4.40. The minimum Gasteiger partial charge on any atom is -0.358 e. The van der Waals surface area contributed by atoms with E-state index in [1.54, 1.807) is 7.05 Å². The molecule has 0 aromatic rings. The average Bonchev–Trinajstić information content (AvgIpc) is 3.08. The van der Waals surface area contributed by atoms with E-state index in [-0.39, 0.29) is 11.9 Å². The summed E-state index contributed by atoms with van der Waals surface area (Å²) in [5.74, 6) is 4.53. The molecule has 0 spiro atoms. The molecule has 2 N–H and O–H groups in total. The zero-order valence-electron chi connectivity index (χ0n) is 13.2. The minimum atomic E-state index is 0.00389. The molecule has 3 nitrogen and oxygen atoms in total. The van der Waals surface area contributed by atoms with Crippen molar-refractivity contribution in [3.8, 4) is 0 Å². The zero-order chi connectivity index (χ0) is 14.3. The van der Waals surface area contributed by atoms with Crippen LogP contribution in [0.3, 0.4) is 0 Å². The van der Waals surface area contributed by atoms with Crippen molar-refractivity contribution in [2.45, 2.75) is 64.5 Å². The van der Waals surface area contributed by atoms with Crippen LogP contribution in [-0.2, 0) is 4.79 Å². The fraction of sp³-hybridized carbons (Fsp3) is 0.941. The maximum Gasteiger partial charge on any atom is 0.236 e. The molecule has 0 aromatic heterocycles. The molecule has 1 amide bonds. The van der Waals surface area contributed by atoms with Crippen LogP contribution >= 0.6 is 0 Å². The standard InChI is InChI=1S/C17H30N2O/c1-10(2)7-16(17(20)18-3)19-15-9-11-8-14(15)13-6-4-5-12(11)13/h10-16,19H,4-9H2,1-3H3,(H,18,20). The summed E-state index contributed by atoms with van der Waals surface area (Å²) in [7, 11) is 1.76. The van der Waals surface area contributed by atoms with Crippen molar-refractivity contribution in [1.29, 1.82) is 0 Å². The predicted octanol–water partition coefficient (Wildman–Crippen LogP) is 2.56. The molecule has 20 heavy (non-hydrogen) atoms. The van der Waals surface area contributed by atoms with E-state index in [4.69, 9.17) is 0 Å². The van der Waals surface area contributed by atoms with Crippen LogP contribution in [0.2, 0.25) is 0 Å². The van der Waals surface area contributed by atoms with Gasteiger partial charge in [-0.3, -0.25) is 4.79 Å². The van der Waals surface area contributed by atoms with Gasteiger partial charge in [0.05, 0.1) is 6.04 Å². The predicted molar refractivity (Wildman–Crippen MR) is 81.3 cm³/mol. The Kier molecular flexibility index (Phi) is 4.07. The summed E-state index contributed by atoms with van der Waals surface area (Å²) in [4.78, 5) is 12.1. The molecule has 6 unspecified atom stereocenters. The topological polar surface area (TPSA) is 41.1 Å². The quantitative estimate of drug-likeness (QED) is 0.811. The Labute approximate surface area is 123 Å². The van der Waals surface area contributed by atoms with Gasteiger partial charge in [-0.05, 0) is 61.7 Å². The third kappa shape index (κ3) is 2.49. The zero-order valence-corrected chi connectivity index (χ0v) is 13.2. The normalized spacial score (nSPS) is 40.1. The molecule has 0 aliphatic heterocycles. The van der Waals surface area contributed by atoms with E-state index in [0.29, 0.717) is 12.0 Å². The van der Waals surface area contributed by atoms with Gasteiger partial charge in [-0.1, -0.05) is 20.3 Å². The molecule has 3 heteroatoms. The van der Waals surface area contributed by atoms with Crippen molar-refractivity contribution < 1.29 is 4.79 Å². The van der Waals surface area contributed by atoms with Gasteiger partial charge in [0.2, 0.25) is 5.91 Å². The number of likely N-dealkylation sites (N-methyl/N-ethyl adjacent to an activating group) is 1. The number of nitrogens with one attached hydrogen (secondary N) is 2. The third-order valence-electron chi connectivity index (χ3n) is 6.11. The van der Waals surface area contributed by atoms with Gasteiger partial charge in [0.15, 0.2) is 0 Å². The van der Waals surface area contributed by atoms with Gasteiger partial charge in [0, 0.05) is 13.1 Å². The summed E-state index contributed by atoms with van der Waals surface area (Å²) in [5, 5.41) is 6.56. The van der Waals surface area contributed by atoms with Crippen molar-refractivity contribution >= 4 is 5.91 Å². The third-order valence-corrected chi connectivity index (χ3v) is 6.11. The lowest BCUT2D eigenvalue weighted by atomic mass is 9.78. The van der Waals surface area contributed by atoms with E-state index in [2.05, 4.69) is 24.5 Å². The summed E-state index contributed by atoms with van der Waals surface area (Å²) in [5.41, 5.74) is 0. The molecule has 0 aromatic carbocycles. The van der Waals surface area contributed by atoms with E-state index >= 15 is 0 Å². The van der Waals surface area contributed by atoms with E-state index in [1.165, 1.54) is 32.1 Å². The molecule has 0 radical (unpaired) electrons. The molecule has 3 aliphatic rings. The molecule has 3 aliphatic carbocycles. The maximum absolute atomic E-state index is 12.1. The second-order valence-electron chi connectivity index (χ2n) is 7.72. The monoisotopic (exact) mass is 278 g/mol. The first kappa shape index (κ1) is 14.4. The molecule has 3 fully saturated rings. The highest BCUT2D eigenvalue weighted by molar-refractivity contribution is 5.81. The van der Waals surface area contributed by atoms with Crippen LogP contribution in [-0.4, -0.2) is 25.0 Å². The van der Waals surface area contributed by atoms with Crippen LogP contribution in [0.4, 0.5) is 0 Å². The van der Waals surface area contributed by atoms with Gasteiger partial charge < -0.3 is 10.6 Å². The highest BCUT2D eigenvalue weighted by atomic mass is 16.2. The lowest BCUT2D eigenvalue weighted by Gasteiger charge is -2.34. The van der Waals surface area contributed by atoms with Crippen molar-refractivity contribution in [2.24, 2.45) is 29.6 Å². The average molecular weight is 278 g/mol. The molecule has 3 saturated carbocycles. The van der Waals surface area contributed by atoms with E-state index in [1.807, 2.05) is 0 Å². The molecular formula is C17H30N2O. The highest BCUT2D eigenvalue weighted by Gasteiger charge is 2.54. The van der Waals surface area contributed by atoms with Crippen LogP contribution in [0.25, 0.3) is 0 Å². The Hall–Kier alpha value is -0.570. The van der Waals surface area contributed by atoms with Crippen molar-refractivity contribution in [2.75, 3.05) is 7.05 Å². The molecule has 0 saturated heterocycles. The molecule has 6 atom stereocenters. The number of carbonyl (C=O) groups is 1. The van der Waals surface area contributed by atoms with E-state index < -0.39 is 0 Å². The Morgan fingerprint density at radius 3 is 2.60 bits per heavy atom. The Bertz CT molecular complexity index is 368. The lowest BCUT2D eigenvalue weighted by molar-refractivity contribution is -0.123. The van der Waals surface area contributed by atoms with Crippen LogP contribution in [0, 0.1) is 29.6 Å². The number of fused-ring (bicyclic) bond motifs is 5. The van der Waals surface area contributed by atoms with E-state index in [9.17, 15) is 4.79 Å². The molecule has 3 rings (SSSR count). The molecule has 0 heterocycles. The van der Waals surface area contributed by atoms with Crippen LogP contribution in [0.1, 0.15) is 52.4 Å². The second kappa shape index (κ2) is 5.67. The summed E-state index contributed by atoms with van der Waals surface area (Å²) >= 11 is 0. The minimum absolute atomic E-state index is 0.00389. The number of carbonyl (C=O) groups excluding carboxylic acids is 1. The maximum atomic E-state index is 12.1. The van der Waals surface area contributed by atoms with Crippen LogP contribution in [0.15, 0.2) is 0 Å². The van der Waals surface area contributed by atoms with Crippen molar-refractivity contribution in [3.05, 3.63) is 0 Å². The molecule has 2 bridgehead atoms. The fourth-order valence-corrected chi connectivity index (χ4v) is 5.41. The van der Waals surface area contributed by atoms with Gasteiger partial charge >= 0.3 is 0 Å². The van der Waals surface area contributed by atoms with Gasteiger partial charge in [-0.15, -0.1) is 0 Å².